The molecule has 0 saturated heterocycles. The van der Waals surface area contributed by atoms with Gasteiger partial charge in [-0.1, -0.05) is 65.3 Å². The topological polar surface area (TPSA) is 77.2 Å². The molecule has 1 amide bonds. The number of nitrogens with zero attached hydrogens (tertiary/aromatic N) is 2. The van der Waals surface area contributed by atoms with Gasteiger partial charge in [0.1, 0.15) is 5.75 Å². The van der Waals surface area contributed by atoms with Gasteiger partial charge in [0.25, 0.3) is 5.22 Å². The van der Waals surface area contributed by atoms with Crippen molar-refractivity contribution in [3.8, 4) is 5.75 Å². The van der Waals surface area contributed by atoms with Crippen LogP contribution in [0.3, 0.4) is 0 Å². The van der Waals surface area contributed by atoms with Crippen LogP contribution in [-0.4, -0.2) is 28.5 Å². The Balaban J connectivity index is 1.20. The molecule has 0 atom stereocenters. The van der Waals surface area contributed by atoms with E-state index in [4.69, 9.17) is 32.4 Å². The number of aryl methyl sites for hydroxylation is 1. The summed E-state index contributed by atoms with van der Waals surface area (Å²) in [7, 11) is 0. The lowest BCUT2D eigenvalue weighted by molar-refractivity contribution is -0.113. The normalized spacial score (nSPS) is 10.9. The summed E-state index contributed by atoms with van der Waals surface area (Å²) in [5, 5.41) is 14.5. The molecule has 0 unspecified atom stereocenters. The third kappa shape index (κ3) is 6.16. The van der Waals surface area contributed by atoms with E-state index in [0.29, 0.717) is 46.4 Å². The van der Waals surface area contributed by atoms with Crippen LogP contribution in [0.2, 0.25) is 10.0 Å². The fraction of sp³-hybridized carbons (Fsp3) is 0.174. The van der Waals surface area contributed by atoms with Gasteiger partial charge in [-0.15, -0.1) is 10.2 Å². The standard InChI is InChI=1S/C23H19Cl2N3O3S/c24-17-8-10-20(19(25)13-17)30-11-3-6-22-27-28-23(31-22)32-14-21(29)26-18-9-7-15-4-1-2-5-16(15)12-18/h1-2,4-5,7-10,12-13H,3,6,11,14H2,(H,26,29). The Kier molecular flexibility index (Phi) is 7.52. The van der Waals surface area contributed by atoms with Crippen molar-refractivity contribution in [2.24, 2.45) is 0 Å². The molecule has 32 heavy (non-hydrogen) atoms. The lowest BCUT2D eigenvalue weighted by atomic mass is 10.1. The van der Waals surface area contributed by atoms with Gasteiger partial charge in [0.05, 0.1) is 17.4 Å². The number of carbonyl (C=O) groups is 1. The lowest BCUT2D eigenvalue weighted by Crippen LogP contribution is -2.13. The molecule has 0 fully saturated rings. The maximum absolute atomic E-state index is 12.3. The number of nitrogens with one attached hydrogen (secondary N) is 1. The number of halogens is 2. The summed E-state index contributed by atoms with van der Waals surface area (Å²) in [4.78, 5) is 12.3. The predicted molar refractivity (Wildman–Crippen MR) is 128 cm³/mol. The Hall–Kier alpha value is -2.74. The number of ether oxygens (including phenoxy) is 1. The average Bonchev–Trinajstić information content (AvgIpc) is 3.24. The largest absolute Gasteiger partial charge is 0.492 e. The van der Waals surface area contributed by atoms with E-state index in [0.717, 1.165) is 16.5 Å². The molecule has 0 aliphatic rings. The molecule has 1 N–H and O–H groups in total. The molecule has 0 bridgehead atoms. The molecule has 6 nitrogen and oxygen atoms in total. The fourth-order valence-corrected chi connectivity index (χ4v) is 4.03. The highest BCUT2D eigenvalue weighted by Gasteiger charge is 2.11. The van der Waals surface area contributed by atoms with Crippen molar-refractivity contribution in [3.05, 3.63) is 76.6 Å². The summed E-state index contributed by atoms with van der Waals surface area (Å²) in [6, 6.07) is 18.9. The van der Waals surface area contributed by atoms with E-state index in [-0.39, 0.29) is 11.7 Å². The van der Waals surface area contributed by atoms with Crippen molar-refractivity contribution in [1.82, 2.24) is 10.2 Å². The Morgan fingerprint density at radius 2 is 1.88 bits per heavy atom. The molecule has 1 aromatic heterocycles. The van der Waals surface area contributed by atoms with Crippen molar-refractivity contribution in [2.45, 2.75) is 18.1 Å². The fourth-order valence-electron chi connectivity index (χ4n) is 2.99. The monoisotopic (exact) mass is 487 g/mol. The van der Waals surface area contributed by atoms with Gasteiger partial charge in [0.15, 0.2) is 0 Å². The summed E-state index contributed by atoms with van der Waals surface area (Å²) < 4.78 is 11.2. The second kappa shape index (κ2) is 10.7. The first kappa shape index (κ1) is 22.5. The highest BCUT2D eigenvalue weighted by atomic mass is 35.5. The van der Waals surface area contributed by atoms with Gasteiger partial charge >= 0.3 is 0 Å². The number of carbonyl (C=O) groups excluding carboxylic acids is 1. The number of thioether (sulfide) groups is 1. The number of aromatic nitrogens is 2. The first-order chi connectivity index (χ1) is 15.6. The minimum absolute atomic E-state index is 0.140. The lowest BCUT2D eigenvalue weighted by Gasteiger charge is -2.07. The van der Waals surface area contributed by atoms with E-state index < -0.39 is 0 Å². The number of rotatable bonds is 9. The molecule has 0 saturated carbocycles. The van der Waals surface area contributed by atoms with Crippen LogP contribution in [0.25, 0.3) is 10.8 Å². The molecule has 1 heterocycles. The minimum atomic E-state index is -0.140. The van der Waals surface area contributed by atoms with Crippen molar-refractivity contribution in [3.63, 3.8) is 0 Å². The van der Waals surface area contributed by atoms with Crippen LogP contribution in [-0.2, 0) is 11.2 Å². The number of fused-ring (bicyclic) bond motifs is 1. The van der Waals surface area contributed by atoms with Gasteiger partial charge in [-0.2, -0.15) is 0 Å². The third-order valence-corrected chi connectivity index (χ3v) is 5.84. The summed E-state index contributed by atoms with van der Waals surface area (Å²) in [5.74, 6) is 1.11. The molecule has 0 radical (unpaired) electrons. The third-order valence-electron chi connectivity index (χ3n) is 4.49. The van der Waals surface area contributed by atoms with Crippen LogP contribution >= 0.6 is 35.0 Å². The van der Waals surface area contributed by atoms with Gasteiger partial charge < -0.3 is 14.5 Å². The van der Waals surface area contributed by atoms with Crippen molar-refractivity contribution in [2.75, 3.05) is 17.7 Å². The quantitative estimate of drug-likeness (QED) is 0.221. The molecule has 9 heteroatoms. The Morgan fingerprint density at radius 3 is 2.72 bits per heavy atom. The van der Waals surface area contributed by atoms with Gasteiger partial charge in [-0.05, 0) is 47.5 Å². The van der Waals surface area contributed by atoms with Crippen molar-refractivity contribution >= 4 is 57.3 Å². The number of amides is 1. The van der Waals surface area contributed by atoms with E-state index in [1.54, 1.807) is 18.2 Å². The molecule has 0 spiro atoms. The molecular weight excluding hydrogens is 469 g/mol. The minimum Gasteiger partial charge on any atom is -0.492 e. The van der Waals surface area contributed by atoms with E-state index in [1.807, 2.05) is 42.5 Å². The summed E-state index contributed by atoms with van der Waals surface area (Å²) >= 11 is 13.2. The summed E-state index contributed by atoms with van der Waals surface area (Å²) in [5.41, 5.74) is 0.751. The van der Waals surface area contributed by atoms with Crippen LogP contribution in [0, 0.1) is 0 Å². The maximum atomic E-state index is 12.3. The predicted octanol–water partition coefficient (Wildman–Crippen LogP) is 6.27. The summed E-state index contributed by atoms with van der Waals surface area (Å²) in [6.07, 6.45) is 1.23. The van der Waals surface area contributed by atoms with E-state index in [2.05, 4.69) is 15.5 Å². The molecule has 164 valence electrons. The highest BCUT2D eigenvalue weighted by molar-refractivity contribution is 7.99. The molecule has 0 aliphatic carbocycles. The number of anilines is 1. The molecule has 4 aromatic rings. The molecule has 0 aliphatic heterocycles. The first-order valence-corrected chi connectivity index (χ1v) is 11.6. The Bertz CT molecular complexity index is 1230. The molecule has 4 rings (SSSR count). The van der Waals surface area contributed by atoms with E-state index in [9.17, 15) is 4.79 Å². The van der Waals surface area contributed by atoms with Crippen LogP contribution in [0.15, 0.2) is 70.3 Å². The van der Waals surface area contributed by atoms with E-state index >= 15 is 0 Å². The van der Waals surface area contributed by atoms with Crippen LogP contribution in [0.5, 0.6) is 5.75 Å². The Labute approximate surface area is 199 Å². The average molecular weight is 488 g/mol. The van der Waals surface area contributed by atoms with Crippen molar-refractivity contribution < 1.29 is 13.9 Å². The van der Waals surface area contributed by atoms with Gasteiger partial charge in [-0.3, -0.25) is 4.79 Å². The van der Waals surface area contributed by atoms with Gasteiger partial charge in [0, 0.05) is 17.1 Å². The first-order valence-electron chi connectivity index (χ1n) is 9.88. The zero-order valence-electron chi connectivity index (χ0n) is 16.9. The van der Waals surface area contributed by atoms with Gasteiger partial charge in [0.2, 0.25) is 11.8 Å². The maximum Gasteiger partial charge on any atom is 0.277 e. The zero-order valence-corrected chi connectivity index (χ0v) is 19.2. The number of benzene rings is 3. The van der Waals surface area contributed by atoms with Crippen molar-refractivity contribution in [1.29, 1.82) is 0 Å². The second-order valence-corrected chi connectivity index (χ2v) is 8.66. The summed E-state index contributed by atoms with van der Waals surface area (Å²) in [6.45, 7) is 0.445. The highest BCUT2D eigenvalue weighted by Crippen LogP contribution is 2.27. The smallest absolute Gasteiger partial charge is 0.277 e. The second-order valence-electron chi connectivity index (χ2n) is 6.89. The number of hydrogen-bond donors (Lipinski definition) is 1. The SMILES string of the molecule is O=C(CSc1nnc(CCCOc2ccc(Cl)cc2Cl)o1)Nc1ccc2ccccc2c1. The number of hydrogen-bond acceptors (Lipinski definition) is 6. The van der Waals surface area contributed by atoms with E-state index in [1.165, 1.54) is 11.8 Å². The zero-order chi connectivity index (χ0) is 22.3. The van der Waals surface area contributed by atoms with Crippen LogP contribution in [0.4, 0.5) is 5.69 Å². The molecular formula is C23H19Cl2N3O3S. The van der Waals surface area contributed by atoms with Gasteiger partial charge in [-0.25, -0.2) is 0 Å². The van der Waals surface area contributed by atoms with Crippen LogP contribution < -0.4 is 10.1 Å². The van der Waals surface area contributed by atoms with Crippen LogP contribution in [0.1, 0.15) is 12.3 Å². The Morgan fingerprint density at radius 1 is 1.03 bits per heavy atom. The molecule has 3 aromatic carbocycles.